The van der Waals surface area contributed by atoms with Crippen molar-refractivity contribution >= 4 is 11.3 Å². The average molecular weight is 216 g/mol. The summed E-state index contributed by atoms with van der Waals surface area (Å²) in [6.45, 7) is 0. The van der Waals surface area contributed by atoms with Crippen LogP contribution in [0.5, 0.6) is 0 Å². The molecule has 1 unspecified atom stereocenters. The molecule has 2 aliphatic heterocycles. The van der Waals surface area contributed by atoms with Crippen molar-refractivity contribution in [2.24, 2.45) is 0 Å². The quantitative estimate of drug-likeness (QED) is 0.542. The molecule has 0 saturated carbocycles. The highest BCUT2D eigenvalue weighted by molar-refractivity contribution is 7.80. The minimum atomic E-state index is -2.16. The highest BCUT2D eigenvalue weighted by Crippen LogP contribution is 1.93. The van der Waals surface area contributed by atoms with Gasteiger partial charge in [-0.15, -0.1) is 0 Å². The van der Waals surface area contributed by atoms with Crippen molar-refractivity contribution in [3.05, 3.63) is 35.6 Å². The lowest BCUT2D eigenvalue weighted by molar-refractivity contribution is 0.440. The molecule has 0 radical (unpaired) electrons. The van der Waals surface area contributed by atoms with Gasteiger partial charge in [0.2, 0.25) is 0 Å². The molecule has 7 nitrogen and oxygen atoms in total. The molecule has 0 fully saturated rings. The van der Waals surface area contributed by atoms with Crippen molar-refractivity contribution in [2.45, 2.75) is 0 Å². The zero-order valence-electron chi connectivity index (χ0n) is 6.93. The van der Waals surface area contributed by atoms with Crippen LogP contribution >= 0.6 is 0 Å². The summed E-state index contributed by atoms with van der Waals surface area (Å²) in [6, 6.07) is 1.73. The molecular formula is C6H8N4O3S. The number of nitrogens with one attached hydrogen (secondary N) is 3. The van der Waals surface area contributed by atoms with Gasteiger partial charge in [-0.1, -0.05) is 0 Å². The molecule has 2 aliphatic rings. The van der Waals surface area contributed by atoms with Gasteiger partial charge in [-0.2, -0.15) is 4.79 Å². The van der Waals surface area contributed by atoms with Crippen molar-refractivity contribution < 1.29 is 13.2 Å². The summed E-state index contributed by atoms with van der Waals surface area (Å²) in [5.74, 6) is 0. The van der Waals surface area contributed by atoms with Gasteiger partial charge in [-0.05, 0) is 6.07 Å². The van der Waals surface area contributed by atoms with E-state index in [-0.39, 0.29) is 0 Å². The van der Waals surface area contributed by atoms with Crippen molar-refractivity contribution in [3.8, 4) is 0 Å². The minimum absolute atomic E-state index is 0.373. The fourth-order valence-corrected chi connectivity index (χ4v) is 1.33. The fourth-order valence-electron chi connectivity index (χ4n) is 1.04. The lowest BCUT2D eigenvalue weighted by atomic mass is 10.5. The maximum Gasteiger partial charge on any atom is 0.275 e. The van der Waals surface area contributed by atoms with E-state index in [0.29, 0.717) is 10.9 Å². The minimum Gasteiger partial charge on any atom is -0.443 e. The van der Waals surface area contributed by atoms with Gasteiger partial charge in [0, 0.05) is 12.4 Å². The third-order valence-corrected chi connectivity index (χ3v) is 1.88. The monoisotopic (exact) mass is 216 g/mol. The van der Waals surface area contributed by atoms with Crippen molar-refractivity contribution in [1.82, 2.24) is 14.9 Å². The largest absolute Gasteiger partial charge is 0.443 e. The molecule has 8 heteroatoms. The second-order valence-corrected chi connectivity index (χ2v) is 3.10. The number of aromatic nitrogens is 3. The Morgan fingerprint density at radius 2 is 2.43 bits per heavy atom. The lowest BCUT2D eigenvalue weighted by Crippen LogP contribution is -2.21. The molecule has 4 N–H and O–H groups in total. The Kier molecular flexibility index (Phi) is 2.29. The molecule has 0 aromatic carbocycles. The Hall–Kier alpha value is -1.67. The second kappa shape index (κ2) is 3.60. The average Bonchev–Trinajstić information content (AvgIpc) is 2.18. The van der Waals surface area contributed by atoms with Gasteiger partial charge in [-0.25, -0.2) is 9.04 Å². The zero-order chi connectivity index (χ0) is 9.97. The molecular weight excluding hydrogens is 208 g/mol. The third-order valence-electron chi connectivity index (χ3n) is 1.54. The van der Waals surface area contributed by atoms with Gasteiger partial charge >= 0.3 is 0 Å². The molecule has 0 aliphatic carbocycles. The predicted octanol–water partition coefficient (Wildman–Crippen LogP) is 0.267. The SMILES string of the molecule is O=S(O)Nn1[nH]ccc2[nH]ccoc1=2. The van der Waals surface area contributed by atoms with Gasteiger partial charge in [0.1, 0.15) is 11.6 Å². The number of hydrogen-bond acceptors (Lipinski definition) is 2. The molecule has 14 heavy (non-hydrogen) atoms. The van der Waals surface area contributed by atoms with Crippen LogP contribution < -0.4 is 4.83 Å². The van der Waals surface area contributed by atoms with Gasteiger partial charge < -0.3 is 9.40 Å². The van der Waals surface area contributed by atoms with Crippen LogP contribution in [-0.2, 0) is 11.3 Å². The number of nitrogens with zero attached hydrogens (tertiary/aromatic N) is 1. The molecule has 0 aromatic heterocycles. The van der Waals surface area contributed by atoms with Crippen LogP contribution in [0.25, 0.3) is 0 Å². The first-order chi connectivity index (χ1) is 6.77. The summed E-state index contributed by atoms with van der Waals surface area (Å²) < 4.78 is 24.3. The second-order valence-electron chi connectivity index (χ2n) is 2.42. The fraction of sp³-hybridized carbons (Fsp3) is 0. The Balaban J connectivity index is 2.67. The van der Waals surface area contributed by atoms with Crippen LogP contribution in [0.2, 0.25) is 0 Å². The predicted molar refractivity (Wildman–Crippen MR) is 48.5 cm³/mol. The van der Waals surface area contributed by atoms with E-state index in [2.05, 4.69) is 14.9 Å². The molecule has 0 spiro atoms. The maximum atomic E-state index is 10.5. The third kappa shape index (κ3) is 1.65. The Labute approximate surface area is 80.5 Å². The molecule has 0 saturated heterocycles. The van der Waals surface area contributed by atoms with E-state index >= 15 is 0 Å². The van der Waals surface area contributed by atoms with E-state index in [1.54, 1.807) is 18.5 Å². The summed E-state index contributed by atoms with van der Waals surface area (Å²) in [7, 11) is 0. The first kappa shape index (κ1) is 8.91. The van der Waals surface area contributed by atoms with E-state index in [1.807, 2.05) is 0 Å². The molecule has 2 heterocycles. The Bertz CT molecular complexity index is 526. The van der Waals surface area contributed by atoms with E-state index in [4.69, 9.17) is 8.97 Å². The molecule has 2 rings (SSSR count). The summed E-state index contributed by atoms with van der Waals surface area (Å²) in [4.78, 5) is 6.33. The van der Waals surface area contributed by atoms with Crippen LogP contribution in [0.3, 0.4) is 0 Å². The summed E-state index contributed by atoms with van der Waals surface area (Å²) in [5, 5.41) is 3.37. The van der Waals surface area contributed by atoms with Crippen molar-refractivity contribution in [3.63, 3.8) is 0 Å². The van der Waals surface area contributed by atoms with Crippen LogP contribution in [-0.4, -0.2) is 23.6 Å². The maximum absolute atomic E-state index is 10.5. The van der Waals surface area contributed by atoms with Crippen LogP contribution in [0, 0.1) is 10.9 Å². The molecule has 0 amide bonds. The summed E-state index contributed by atoms with van der Waals surface area (Å²) >= 11 is -2.16. The van der Waals surface area contributed by atoms with Gasteiger partial charge in [0.05, 0.1) is 0 Å². The first-order valence-electron chi connectivity index (χ1n) is 3.70. The highest BCUT2D eigenvalue weighted by atomic mass is 32.2. The molecule has 0 aromatic rings. The van der Waals surface area contributed by atoms with Gasteiger partial charge in [0.25, 0.3) is 16.8 Å². The first-order valence-corrected chi connectivity index (χ1v) is 4.80. The molecule has 0 bridgehead atoms. The van der Waals surface area contributed by atoms with Crippen LogP contribution in [0.1, 0.15) is 0 Å². The summed E-state index contributed by atoms with van der Waals surface area (Å²) in [5.41, 5.74) is 0.373. The number of hydrogen-bond donors (Lipinski definition) is 4. The topological polar surface area (TPSA) is 99.0 Å². The summed E-state index contributed by atoms with van der Waals surface area (Å²) in [6.07, 6.45) is 4.63. The van der Waals surface area contributed by atoms with E-state index in [0.717, 1.165) is 0 Å². The van der Waals surface area contributed by atoms with E-state index < -0.39 is 11.3 Å². The number of rotatable bonds is 2. The van der Waals surface area contributed by atoms with Crippen LogP contribution in [0.15, 0.2) is 29.1 Å². The molecule has 1 atom stereocenters. The molecule has 76 valence electrons. The highest BCUT2D eigenvalue weighted by Gasteiger charge is 1.97. The Morgan fingerprint density at radius 3 is 3.21 bits per heavy atom. The zero-order valence-corrected chi connectivity index (χ0v) is 7.75. The number of aromatic amines is 2. The lowest BCUT2D eigenvalue weighted by Gasteiger charge is -2.06. The van der Waals surface area contributed by atoms with Crippen molar-refractivity contribution in [2.75, 3.05) is 4.83 Å². The normalized spacial score (nSPS) is 12.6. The van der Waals surface area contributed by atoms with E-state index in [9.17, 15) is 4.21 Å². The number of H-pyrrole nitrogens is 2. The van der Waals surface area contributed by atoms with E-state index in [1.165, 1.54) is 11.1 Å². The van der Waals surface area contributed by atoms with Gasteiger partial charge in [-0.3, -0.25) is 9.65 Å². The van der Waals surface area contributed by atoms with Gasteiger partial charge in [0.15, 0.2) is 0 Å². The van der Waals surface area contributed by atoms with Crippen LogP contribution in [0.4, 0.5) is 0 Å². The standard InChI is InChI=1S/C6H8N4O3S/c11-14(12)9-10-6-5(1-2-8-10)7-3-4-13-6/h1-4,7-9H,(H,11,12). The smallest absolute Gasteiger partial charge is 0.275 e. The Morgan fingerprint density at radius 1 is 1.57 bits per heavy atom. The van der Waals surface area contributed by atoms with Crippen molar-refractivity contribution in [1.29, 1.82) is 0 Å².